The van der Waals surface area contributed by atoms with Gasteiger partial charge in [-0.05, 0) is 24.2 Å². The standard InChI is InChI=1S/C12H14N2S/c1-2-10-11(14-12(15)13-10)8-9-6-4-3-5-7-9/h2-7,10-11H,1,8H2,(H2,13,14,15)/t10-,11-/m0/s1. The molecule has 2 rings (SSSR count). The molecule has 0 aromatic heterocycles. The van der Waals surface area contributed by atoms with Crippen LogP contribution in [0, 0.1) is 0 Å². The Balaban J connectivity index is 2.06. The minimum absolute atomic E-state index is 0.234. The first-order valence-electron chi connectivity index (χ1n) is 5.03. The maximum atomic E-state index is 5.09. The molecular weight excluding hydrogens is 204 g/mol. The molecule has 1 heterocycles. The smallest absolute Gasteiger partial charge is 0.167 e. The van der Waals surface area contributed by atoms with E-state index in [0.717, 1.165) is 11.5 Å². The molecule has 0 unspecified atom stereocenters. The molecule has 1 saturated heterocycles. The predicted octanol–water partition coefficient (Wildman–Crippen LogP) is 1.63. The van der Waals surface area contributed by atoms with Gasteiger partial charge in [0.2, 0.25) is 0 Å². The lowest BCUT2D eigenvalue weighted by Crippen LogP contribution is -2.33. The highest BCUT2D eigenvalue weighted by Gasteiger charge is 2.26. The van der Waals surface area contributed by atoms with Gasteiger partial charge in [0, 0.05) is 0 Å². The highest BCUT2D eigenvalue weighted by atomic mass is 32.1. The molecule has 0 amide bonds. The Bertz CT molecular complexity index is 361. The van der Waals surface area contributed by atoms with Crippen molar-refractivity contribution in [1.29, 1.82) is 0 Å². The summed E-state index contributed by atoms with van der Waals surface area (Å²) < 4.78 is 0. The van der Waals surface area contributed by atoms with E-state index >= 15 is 0 Å². The summed E-state index contributed by atoms with van der Waals surface area (Å²) in [6.07, 6.45) is 2.87. The van der Waals surface area contributed by atoms with Crippen LogP contribution < -0.4 is 10.6 Å². The van der Waals surface area contributed by atoms with Gasteiger partial charge in [0.25, 0.3) is 0 Å². The van der Waals surface area contributed by atoms with Crippen LogP contribution >= 0.6 is 12.2 Å². The zero-order chi connectivity index (χ0) is 10.7. The number of benzene rings is 1. The normalized spacial score (nSPS) is 24.4. The van der Waals surface area contributed by atoms with Crippen LogP contribution in [0.25, 0.3) is 0 Å². The average molecular weight is 218 g/mol. The molecule has 1 fully saturated rings. The molecule has 3 heteroatoms. The van der Waals surface area contributed by atoms with Crippen molar-refractivity contribution < 1.29 is 0 Å². The molecule has 2 nitrogen and oxygen atoms in total. The molecule has 78 valence electrons. The molecule has 2 atom stereocenters. The van der Waals surface area contributed by atoms with Crippen LogP contribution in [0.1, 0.15) is 5.56 Å². The van der Waals surface area contributed by atoms with E-state index in [2.05, 4.69) is 41.5 Å². The summed E-state index contributed by atoms with van der Waals surface area (Å²) in [6, 6.07) is 10.9. The van der Waals surface area contributed by atoms with Gasteiger partial charge in [-0.15, -0.1) is 6.58 Å². The van der Waals surface area contributed by atoms with Crippen LogP contribution in [0.4, 0.5) is 0 Å². The molecule has 0 aliphatic carbocycles. The zero-order valence-corrected chi connectivity index (χ0v) is 9.26. The lowest BCUT2D eigenvalue weighted by atomic mass is 10.0. The highest BCUT2D eigenvalue weighted by molar-refractivity contribution is 7.80. The maximum Gasteiger partial charge on any atom is 0.167 e. The van der Waals surface area contributed by atoms with Crippen LogP contribution in [0.2, 0.25) is 0 Å². The minimum Gasteiger partial charge on any atom is -0.357 e. The molecule has 1 aliphatic heterocycles. The summed E-state index contributed by atoms with van der Waals surface area (Å²) in [5, 5.41) is 7.15. The third-order valence-corrected chi connectivity index (χ3v) is 2.84. The van der Waals surface area contributed by atoms with Crippen molar-refractivity contribution in [3.8, 4) is 0 Å². The number of hydrogen-bond acceptors (Lipinski definition) is 1. The van der Waals surface area contributed by atoms with Crippen molar-refractivity contribution in [2.24, 2.45) is 0 Å². The summed E-state index contributed by atoms with van der Waals surface area (Å²) in [4.78, 5) is 0. The Hall–Kier alpha value is -1.35. The van der Waals surface area contributed by atoms with E-state index in [1.165, 1.54) is 5.56 Å². The summed E-state index contributed by atoms with van der Waals surface area (Å²) in [7, 11) is 0. The first-order chi connectivity index (χ1) is 7.29. The fraction of sp³-hybridized carbons (Fsp3) is 0.250. The van der Waals surface area contributed by atoms with E-state index in [-0.39, 0.29) is 6.04 Å². The number of rotatable bonds is 3. The Morgan fingerprint density at radius 1 is 1.27 bits per heavy atom. The van der Waals surface area contributed by atoms with Gasteiger partial charge in [-0.25, -0.2) is 0 Å². The first kappa shape index (κ1) is 10.2. The van der Waals surface area contributed by atoms with Crippen molar-refractivity contribution in [3.05, 3.63) is 48.6 Å². The topological polar surface area (TPSA) is 24.1 Å². The number of hydrogen-bond donors (Lipinski definition) is 2. The lowest BCUT2D eigenvalue weighted by molar-refractivity contribution is 0.577. The quantitative estimate of drug-likeness (QED) is 0.595. The molecule has 0 spiro atoms. The van der Waals surface area contributed by atoms with Crippen LogP contribution in [0.5, 0.6) is 0 Å². The number of thiocarbonyl (C=S) groups is 1. The molecule has 15 heavy (non-hydrogen) atoms. The summed E-state index contributed by atoms with van der Waals surface area (Å²) in [5.74, 6) is 0. The predicted molar refractivity (Wildman–Crippen MR) is 66.8 cm³/mol. The monoisotopic (exact) mass is 218 g/mol. The zero-order valence-electron chi connectivity index (χ0n) is 8.44. The minimum atomic E-state index is 0.234. The van der Waals surface area contributed by atoms with Crippen LogP contribution in [0.15, 0.2) is 43.0 Å². The highest BCUT2D eigenvalue weighted by Crippen LogP contribution is 2.10. The van der Waals surface area contributed by atoms with E-state index in [9.17, 15) is 0 Å². The van der Waals surface area contributed by atoms with Crippen LogP contribution in [-0.2, 0) is 6.42 Å². The second-order valence-corrected chi connectivity index (χ2v) is 4.08. The summed E-state index contributed by atoms with van der Waals surface area (Å²) in [5.41, 5.74) is 1.31. The van der Waals surface area contributed by atoms with Gasteiger partial charge in [0.1, 0.15) is 0 Å². The van der Waals surface area contributed by atoms with Crippen molar-refractivity contribution in [2.45, 2.75) is 18.5 Å². The number of nitrogens with one attached hydrogen (secondary N) is 2. The molecule has 0 saturated carbocycles. The molecule has 2 N–H and O–H groups in total. The maximum absolute atomic E-state index is 5.09. The molecule has 1 aromatic carbocycles. The largest absolute Gasteiger partial charge is 0.357 e. The Labute approximate surface area is 95.4 Å². The molecule has 0 radical (unpaired) electrons. The molecule has 0 bridgehead atoms. The van der Waals surface area contributed by atoms with Crippen molar-refractivity contribution in [2.75, 3.05) is 0 Å². The van der Waals surface area contributed by atoms with Crippen molar-refractivity contribution in [1.82, 2.24) is 10.6 Å². The second kappa shape index (κ2) is 4.45. The third kappa shape index (κ3) is 2.36. The fourth-order valence-corrected chi connectivity index (χ4v) is 2.11. The fourth-order valence-electron chi connectivity index (χ4n) is 1.82. The third-order valence-electron chi connectivity index (χ3n) is 2.60. The van der Waals surface area contributed by atoms with E-state index in [0.29, 0.717) is 6.04 Å². The molecular formula is C12H14N2S. The second-order valence-electron chi connectivity index (χ2n) is 3.68. The van der Waals surface area contributed by atoms with E-state index in [1.54, 1.807) is 0 Å². The van der Waals surface area contributed by atoms with Crippen molar-refractivity contribution in [3.63, 3.8) is 0 Å². The van der Waals surface area contributed by atoms with Gasteiger partial charge in [0.15, 0.2) is 5.11 Å². The van der Waals surface area contributed by atoms with Crippen LogP contribution in [-0.4, -0.2) is 17.2 Å². The Kier molecular flexibility index (Phi) is 3.02. The van der Waals surface area contributed by atoms with Gasteiger partial charge in [0.05, 0.1) is 12.1 Å². The van der Waals surface area contributed by atoms with E-state index in [1.807, 2.05) is 12.1 Å². The van der Waals surface area contributed by atoms with Gasteiger partial charge in [-0.2, -0.15) is 0 Å². The summed E-state index contributed by atoms with van der Waals surface area (Å²) in [6.45, 7) is 3.81. The molecule has 1 aliphatic rings. The van der Waals surface area contributed by atoms with E-state index in [4.69, 9.17) is 12.2 Å². The lowest BCUT2D eigenvalue weighted by Gasteiger charge is -2.14. The van der Waals surface area contributed by atoms with Gasteiger partial charge >= 0.3 is 0 Å². The SMILES string of the molecule is C=C[C@@H]1NC(=S)N[C@H]1Cc1ccccc1. The van der Waals surface area contributed by atoms with Crippen LogP contribution in [0.3, 0.4) is 0 Å². The van der Waals surface area contributed by atoms with Crippen molar-refractivity contribution >= 4 is 17.3 Å². The van der Waals surface area contributed by atoms with Gasteiger partial charge in [-0.1, -0.05) is 36.4 Å². The van der Waals surface area contributed by atoms with E-state index < -0.39 is 0 Å². The molecule has 1 aromatic rings. The summed E-state index contributed by atoms with van der Waals surface area (Å²) >= 11 is 5.09. The van der Waals surface area contributed by atoms with Gasteiger partial charge < -0.3 is 10.6 Å². The Morgan fingerprint density at radius 2 is 2.00 bits per heavy atom. The van der Waals surface area contributed by atoms with Gasteiger partial charge in [-0.3, -0.25) is 0 Å². The first-order valence-corrected chi connectivity index (χ1v) is 5.44. The Morgan fingerprint density at radius 3 is 2.67 bits per heavy atom. The average Bonchev–Trinajstić information content (AvgIpc) is 2.60.